The van der Waals surface area contributed by atoms with Crippen molar-refractivity contribution in [1.82, 2.24) is 0 Å². The lowest BCUT2D eigenvalue weighted by Crippen LogP contribution is -2.61. The SMILES string of the molecule is Cc1cc2c3c(c1)N(c1ccc(-c4cccc5c4sc4ccccc45)cc1)c1ccc(C(C)(C)C)cc1B3c1cc(C(C)(C)C)ccc1N2c1ccc(-c2cccc3c2oc2ccccc23)cc1. The topological polar surface area (TPSA) is 19.6 Å². The van der Waals surface area contributed by atoms with Gasteiger partial charge in [0.05, 0.1) is 0 Å². The highest BCUT2D eigenvalue weighted by atomic mass is 32.1. The van der Waals surface area contributed by atoms with Crippen molar-refractivity contribution >= 4 is 111 Å². The number of fused-ring (bicyclic) bond motifs is 10. The summed E-state index contributed by atoms with van der Waals surface area (Å²) < 4.78 is 9.18. The number of para-hydroxylation sites is 2. The molecule has 0 N–H and O–H groups in total. The van der Waals surface area contributed by atoms with Crippen molar-refractivity contribution in [3.8, 4) is 22.3 Å². The fourth-order valence-electron chi connectivity index (χ4n) is 11.2. The summed E-state index contributed by atoms with van der Waals surface area (Å²) in [5.74, 6) is 0. The quantitative estimate of drug-likeness (QED) is 0.164. The first-order valence-corrected chi connectivity index (χ1v) is 24.8. The average Bonchev–Trinajstić information content (AvgIpc) is 3.92. The van der Waals surface area contributed by atoms with Crippen molar-refractivity contribution in [2.24, 2.45) is 0 Å². The Kier molecular flexibility index (Phi) is 8.92. The van der Waals surface area contributed by atoms with Gasteiger partial charge in [0.15, 0.2) is 0 Å². The first-order chi connectivity index (χ1) is 32.9. The van der Waals surface area contributed by atoms with Crippen LogP contribution in [0, 0.1) is 6.92 Å². The molecule has 4 heterocycles. The average molecular weight is 895 g/mol. The predicted molar refractivity (Wildman–Crippen MR) is 294 cm³/mol. The molecule has 11 aromatic rings. The molecule has 0 aliphatic carbocycles. The zero-order chi connectivity index (χ0) is 46.2. The lowest BCUT2D eigenvalue weighted by molar-refractivity contribution is 0.590. The number of hydrogen-bond acceptors (Lipinski definition) is 4. The van der Waals surface area contributed by atoms with Crippen molar-refractivity contribution in [2.75, 3.05) is 9.80 Å². The molecule has 2 aliphatic rings. The normalized spacial score (nSPS) is 13.4. The number of hydrogen-bond donors (Lipinski definition) is 0. The van der Waals surface area contributed by atoms with E-state index in [4.69, 9.17) is 4.42 Å². The third-order valence-electron chi connectivity index (χ3n) is 14.6. The van der Waals surface area contributed by atoms with E-state index in [9.17, 15) is 0 Å². The highest BCUT2D eigenvalue weighted by molar-refractivity contribution is 7.26. The summed E-state index contributed by atoms with van der Waals surface area (Å²) in [6.07, 6.45) is 0. The smallest absolute Gasteiger partial charge is 0.252 e. The minimum Gasteiger partial charge on any atom is -0.455 e. The summed E-state index contributed by atoms with van der Waals surface area (Å²) in [6.45, 7) is 16.3. The van der Waals surface area contributed by atoms with Crippen LogP contribution in [0.4, 0.5) is 34.1 Å². The number of benzene rings is 9. The molecular formula is C63H51BN2OS. The van der Waals surface area contributed by atoms with Gasteiger partial charge in [0.25, 0.3) is 6.71 Å². The molecule has 3 nitrogen and oxygen atoms in total. The Morgan fingerprint density at radius 2 is 0.971 bits per heavy atom. The van der Waals surface area contributed by atoms with E-state index in [-0.39, 0.29) is 17.5 Å². The van der Waals surface area contributed by atoms with E-state index in [2.05, 4.69) is 234 Å². The van der Waals surface area contributed by atoms with E-state index < -0.39 is 0 Å². The van der Waals surface area contributed by atoms with Crippen LogP contribution in [0.25, 0.3) is 64.4 Å². The first-order valence-electron chi connectivity index (χ1n) is 23.9. The number of nitrogens with zero attached hydrogens (tertiary/aromatic N) is 2. The predicted octanol–water partition coefficient (Wildman–Crippen LogP) is 16.3. The molecule has 9 aromatic carbocycles. The number of aryl methyl sites for hydroxylation is 1. The maximum absolute atomic E-state index is 6.52. The van der Waals surface area contributed by atoms with E-state index in [0.29, 0.717) is 0 Å². The van der Waals surface area contributed by atoms with Crippen molar-refractivity contribution in [3.05, 3.63) is 199 Å². The molecule has 0 fully saturated rings. The van der Waals surface area contributed by atoms with Gasteiger partial charge in [0.2, 0.25) is 0 Å². The van der Waals surface area contributed by atoms with Crippen LogP contribution in [0.5, 0.6) is 0 Å². The van der Waals surface area contributed by atoms with Gasteiger partial charge in [-0.25, -0.2) is 0 Å². The molecule has 2 aromatic heterocycles. The Hall–Kier alpha value is -7.34. The second-order valence-electron chi connectivity index (χ2n) is 21.0. The van der Waals surface area contributed by atoms with Crippen molar-refractivity contribution in [2.45, 2.75) is 59.3 Å². The monoisotopic (exact) mass is 894 g/mol. The summed E-state index contributed by atoms with van der Waals surface area (Å²) in [5, 5.41) is 4.93. The molecule has 0 saturated heterocycles. The Labute approximate surface area is 403 Å². The summed E-state index contributed by atoms with van der Waals surface area (Å²) in [6, 6.07) is 68.2. The molecule has 0 unspecified atom stereocenters. The zero-order valence-electron chi connectivity index (χ0n) is 39.6. The molecule has 0 amide bonds. The van der Waals surface area contributed by atoms with Gasteiger partial charge < -0.3 is 14.2 Å². The van der Waals surface area contributed by atoms with E-state index >= 15 is 0 Å². The first kappa shape index (κ1) is 40.9. The van der Waals surface area contributed by atoms with E-state index in [1.54, 1.807) is 0 Å². The summed E-state index contributed by atoms with van der Waals surface area (Å²) in [5.41, 5.74) is 21.6. The van der Waals surface area contributed by atoms with E-state index in [1.165, 1.54) is 87.1 Å². The molecule has 2 aliphatic heterocycles. The van der Waals surface area contributed by atoms with Gasteiger partial charge in [0, 0.05) is 70.6 Å². The van der Waals surface area contributed by atoms with Gasteiger partial charge in [0.1, 0.15) is 11.2 Å². The number of rotatable bonds is 4. The van der Waals surface area contributed by atoms with Crippen LogP contribution in [-0.2, 0) is 10.8 Å². The van der Waals surface area contributed by atoms with Gasteiger partial charge in [-0.05, 0) is 128 Å². The minimum atomic E-state index is -0.0335. The molecule has 0 bridgehead atoms. The molecule has 0 spiro atoms. The molecule has 0 radical (unpaired) electrons. The highest BCUT2D eigenvalue weighted by Crippen LogP contribution is 2.47. The van der Waals surface area contributed by atoms with Crippen LogP contribution in [0.15, 0.2) is 186 Å². The van der Waals surface area contributed by atoms with Crippen molar-refractivity contribution in [1.29, 1.82) is 0 Å². The number of furan rings is 1. The lowest BCUT2D eigenvalue weighted by atomic mass is 9.33. The summed E-state index contributed by atoms with van der Waals surface area (Å²) >= 11 is 1.89. The fraction of sp³-hybridized carbons (Fsp3) is 0.143. The summed E-state index contributed by atoms with van der Waals surface area (Å²) in [4.78, 5) is 5.07. The van der Waals surface area contributed by atoms with E-state index in [1.807, 2.05) is 17.4 Å². The third-order valence-corrected chi connectivity index (χ3v) is 15.8. The van der Waals surface area contributed by atoms with Gasteiger partial charge in [-0.15, -0.1) is 11.3 Å². The van der Waals surface area contributed by atoms with Crippen LogP contribution in [-0.4, -0.2) is 6.71 Å². The van der Waals surface area contributed by atoms with Crippen molar-refractivity contribution in [3.63, 3.8) is 0 Å². The van der Waals surface area contributed by atoms with Crippen LogP contribution >= 0.6 is 11.3 Å². The molecule has 328 valence electrons. The largest absolute Gasteiger partial charge is 0.455 e. The van der Waals surface area contributed by atoms with Gasteiger partial charge >= 0.3 is 0 Å². The van der Waals surface area contributed by atoms with Crippen molar-refractivity contribution < 1.29 is 4.42 Å². The Balaban J connectivity index is 1.00. The molecule has 5 heteroatoms. The minimum absolute atomic E-state index is 0.0255. The second-order valence-corrected chi connectivity index (χ2v) is 22.1. The van der Waals surface area contributed by atoms with Crippen LogP contribution < -0.4 is 26.2 Å². The lowest BCUT2D eigenvalue weighted by Gasteiger charge is -2.45. The zero-order valence-corrected chi connectivity index (χ0v) is 40.4. The van der Waals surface area contributed by atoms with Gasteiger partial charge in [-0.3, -0.25) is 0 Å². The Morgan fingerprint density at radius 3 is 1.57 bits per heavy atom. The molecule has 0 saturated carbocycles. The number of anilines is 6. The van der Waals surface area contributed by atoms with Crippen LogP contribution in [0.2, 0.25) is 0 Å². The highest BCUT2D eigenvalue weighted by Gasteiger charge is 2.44. The molecule has 13 rings (SSSR count). The van der Waals surface area contributed by atoms with Crippen LogP contribution in [0.3, 0.4) is 0 Å². The Bertz CT molecular complexity index is 3600. The fourth-order valence-corrected chi connectivity index (χ4v) is 12.4. The van der Waals surface area contributed by atoms with Crippen LogP contribution in [0.1, 0.15) is 58.2 Å². The molecule has 0 atom stereocenters. The standard InChI is InChI=1S/C63H51BN2OS/c1-38-34-55-59-56(35-38)66(44-30-24-40(25-31-44)46-17-13-19-50-48-15-9-11-21-58(48)68-61(46)50)54-33-27-42(63(5,6)7)37-52(54)64(59)51-36-41(62(2,3)4)26-32-53(51)65(55)43-28-22-39(23-29-43)45-16-12-18-49-47-14-8-10-20-57(47)67-60(45)49/h8-37H,1-7H3. The second kappa shape index (κ2) is 14.8. The maximum atomic E-state index is 6.52. The molecular weight excluding hydrogens is 844 g/mol. The maximum Gasteiger partial charge on any atom is 0.252 e. The van der Waals surface area contributed by atoms with Gasteiger partial charge in [-0.1, -0.05) is 163 Å². The Morgan fingerprint density at radius 1 is 0.456 bits per heavy atom. The molecule has 68 heavy (non-hydrogen) atoms. The van der Waals surface area contributed by atoms with E-state index in [0.717, 1.165) is 44.4 Å². The third kappa shape index (κ3) is 6.25. The number of thiophene rings is 1. The van der Waals surface area contributed by atoms with Gasteiger partial charge in [-0.2, -0.15) is 0 Å². The summed E-state index contributed by atoms with van der Waals surface area (Å²) in [7, 11) is 0.